The number of carbonyl (C=O) groups excluding carboxylic acids is 2. The molecule has 6 heterocycles. The van der Waals surface area contributed by atoms with Crippen LogP contribution in [0.1, 0.15) is 70.4 Å². The summed E-state index contributed by atoms with van der Waals surface area (Å²) < 4.78 is 55.6. The van der Waals surface area contributed by atoms with Crippen molar-refractivity contribution in [3.05, 3.63) is 120 Å². The van der Waals surface area contributed by atoms with Gasteiger partial charge in [0.1, 0.15) is 5.65 Å². The Bertz CT molecular complexity index is 2350. The highest BCUT2D eigenvalue weighted by Crippen LogP contribution is 2.22. The maximum Gasteiger partial charge on any atom is 0.253 e. The average Bonchev–Trinajstić information content (AvgIpc) is 3.92. The van der Waals surface area contributed by atoms with Crippen LogP contribution in [-0.2, 0) is 33.1 Å². The van der Waals surface area contributed by atoms with E-state index < -0.39 is 20.0 Å². The lowest BCUT2D eigenvalue weighted by Crippen LogP contribution is -2.35. The van der Waals surface area contributed by atoms with Crippen LogP contribution < -0.4 is 10.6 Å². The minimum atomic E-state index is -3.44. The number of carbonyl (C=O) groups is 2. The van der Waals surface area contributed by atoms with Gasteiger partial charge < -0.3 is 15.0 Å². The Balaban J connectivity index is 0.000000172. The molecule has 4 aromatic heterocycles. The van der Waals surface area contributed by atoms with Gasteiger partial charge in [-0.15, -0.1) is 0 Å². The molecule has 56 heavy (non-hydrogen) atoms. The third kappa shape index (κ3) is 8.97. The summed E-state index contributed by atoms with van der Waals surface area (Å²) in [4.78, 5) is 33.6. The molecule has 2 amide bonds. The fourth-order valence-electron chi connectivity index (χ4n) is 6.65. The zero-order valence-electron chi connectivity index (χ0n) is 30.7. The first-order valence-corrected chi connectivity index (χ1v) is 21.4. The molecule has 0 radical (unpaired) electrons. The van der Waals surface area contributed by atoms with Gasteiger partial charge in [0.05, 0.1) is 27.1 Å². The minimum absolute atomic E-state index is 0.194. The molecule has 0 aliphatic carbocycles. The Morgan fingerprint density at radius 1 is 0.643 bits per heavy atom. The van der Waals surface area contributed by atoms with Gasteiger partial charge in [-0.3, -0.25) is 14.7 Å². The average molecular weight is 798 g/mol. The molecule has 292 valence electrons. The smallest absolute Gasteiger partial charge is 0.253 e. The lowest BCUT2D eigenvalue weighted by Gasteiger charge is -2.25. The van der Waals surface area contributed by atoms with E-state index in [-0.39, 0.29) is 11.8 Å². The van der Waals surface area contributed by atoms with E-state index in [9.17, 15) is 26.4 Å². The number of H-pyrrole nitrogens is 1. The van der Waals surface area contributed by atoms with Gasteiger partial charge in [0.2, 0.25) is 20.0 Å². The summed E-state index contributed by atoms with van der Waals surface area (Å²) in [7, 11) is -6.87. The maximum atomic E-state index is 12.7. The number of benzene rings is 2. The highest BCUT2D eigenvalue weighted by Gasteiger charge is 2.27. The third-order valence-electron chi connectivity index (χ3n) is 9.86. The molecule has 0 spiro atoms. The number of hydrogen-bond acceptors (Lipinski definition) is 9. The number of imidazole rings is 1. The summed E-state index contributed by atoms with van der Waals surface area (Å²) >= 11 is 0. The second kappa shape index (κ2) is 17.1. The lowest BCUT2D eigenvalue weighted by molar-refractivity contribution is 0.0942. The number of pyridine rings is 2. The Kier molecular flexibility index (Phi) is 11.8. The SMILES string of the molecule is O=C(NCc1ccc(S(=O)(=O)N2CCCCC2)cc1)c1ccc2nccn2c1.O=C(NCc1ccc(S(=O)(=O)N2CCCCC2)cc1)c1cnc2[nH]ncc2c1. The fourth-order valence-corrected chi connectivity index (χ4v) is 9.69. The Morgan fingerprint density at radius 2 is 1.18 bits per heavy atom. The van der Waals surface area contributed by atoms with Crippen LogP contribution in [0.3, 0.4) is 0 Å². The molecular formula is C39H43N9O6S2. The normalized spacial score (nSPS) is 15.6. The summed E-state index contributed by atoms with van der Waals surface area (Å²) in [5.74, 6) is -0.443. The number of amides is 2. The number of hydrogen-bond donors (Lipinski definition) is 3. The number of rotatable bonds is 10. The fraction of sp³-hybridized carbons (Fsp3) is 0.308. The first-order valence-electron chi connectivity index (χ1n) is 18.5. The van der Waals surface area contributed by atoms with Gasteiger partial charge in [-0.1, -0.05) is 37.1 Å². The van der Waals surface area contributed by atoms with Crippen molar-refractivity contribution in [2.45, 2.75) is 61.4 Å². The maximum absolute atomic E-state index is 12.7. The number of piperidine rings is 2. The summed E-state index contributed by atoms with van der Waals surface area (Å²) in [6, 6.07) is 18.6. The van der Waals surface area contributed by atoms with Gasteiger partial charge in [0.15, 0.2) is 5.65 Å². The summed E-state index contributed by atoms with van der Waals surface area (Å²) in [5, 5.41) is 13.1. The third-order valence-corrected chi connectivity index (χ3v) is 13.7. The van der Waals surface area contributed by atoms with E-state index in [4.69, 9.17) is 0 Å². The first-order chi connectivity index (χ1) is 27.1. The van der Waals surface area contributed by atoms with E-state index in [0.29, 0.717) is 65.8 Å². The number of aromatic nitrogens is 5. The van der Waals surface area contributed by atoms with E-state index in [1.165, 1.54) is 6.20 Å². The molecule has 2 aliphatic rings. The molecule has 2 aromatic carbocycles. The van der Waals surface area contributed by atoms with Crippen molar-refractivity contribution in [3.63, 3.8) is 0 Å². The molecule has 15 nitrogen and oxygen atoms in total. The van der Waals surface area contributed by atoms with Crippen molar-refractivity contribution in [3.8, 4) is 0 Å². The predicted octanol–water partition coefficient (Wildman–Crippen LogP) is 4.50. The predicted molar refractivity (Wildman–Crippen MR) is 210 cm³/mol. The lowest BCUT2D eigenvalue weighted by atomic mass is 10.2. The van der Waals surface area contributed by atoms with E-state index >= 15 is 0 Å². The topological polar surface area (TPSA) is 192 Å². The van der Waals surface area contributed by atoms with Gasteiger partial charge in [-0.2, -0.15) is 13.7 Å². The second-order valence-electron chi connectivity index (χ2n) is 13.7. The van der Waals surface area contributed by atoms with Crippen LogP contribution in [0.4, 0.5) is 0 Å². The molecule has 0 atom stereocenters. The van der Waals surface area contributed by atoms with Gasteiger partial charge in [0.25, 0.3) is 11.8 Å². The van der Waals surface area contributed by atoms with E-state index in [0.717, 1.165) is 60.7 Å². The van der Waals surface area contributed by atoms with E-state index in [1.54, 1.807) is 105 Å². The number of nitrogens with zero attached hydrogens (tertiary/aromatic N) is 6. The first kappa shape index (κ1) is 38.8. The molecule has 0 saturated carbocycles. The Morgan fingerprint density at radius 3 is 1.73 bits per heavy atom. The second-order valence-corrected chi connectivity index (χ2v) is 17.6. The molecule has 0 bridgehead atoms. The number of sulfonamides is 2. The quantitative estimate of drug-likeness (QED) is 0.179. The molecular weight excluding hydrogens is 755 g/mol. The molecule has 2 saturated heterocycles. The Hall–Kier alpha value is -5.49. The van der Waals surface area contributed by atoms with Gasteiger partial charge >= 0.3 is 0 Å². The highest BCUT2D eigenvalue weighted by molar-refractivity contribution is 7.89. The van der Waals surface area contributed by atoms with Gasteiger partial charge in [-0.25, -0.2) is 26.8 Å². The van der Waals surface area contributed by atoms with Crippen LogP contribution in [-0.4, -0.2) is 88.0 Å². The van der Waals surface area contributed by atoms with Crippen LogP contribution in [0, 0.1) is 0 Å². The van der Waals surface area contributed by atoms with Crippen LogP contribution >= 0.6 is 0 Å². The molecule has 2 aliphatic heterocycles. The van der Waals surface area contributed by atoms with Crippen LogP contribution in [0.15, 0.2) is 108 Å². The van der Waals surface area contributed by atoms with Crippen LogP contribution in [0.25, 0.3) is 16.7 Å². The van der Waals surface area contributed by atoms with E-state index in [1.807, 2.05) is 0 Å². The van der Waals surface area contributed by atoms with Crippen molar-refractivity contribution in [1.82, 2.24) is 43.8 Å². The minimum Gasteiger partial charge on any atom is -0.348 e. The molecule has 6 aromatic rings. The standard InChI is InChI=1S/C20H22N4O3S.C19H21N5O3S/c25-20(17-6-9-19-21-10-13-23(19)15-17)22-14-16-4-7-18(8-5-16)28(26,27)24-11-2-1-3-12-24;25-19(16-10-15-13-22-23-18(15)20-12-16)21-11-14-4-6-17(7-5-14)28(26,27)24-8-2-1-3-9-24/h4-10,13,15H,1-3,11-12,14H2,(H,22,25);4-7,10,12-13H,1-3,8-9,11H2,(H,21,25)(H,20,22,23). The summed E-state index contributed by atoms with van der Waals surface area (Å²) in [6.07, 6.45) is 14.1. The van der Waals surface area contributed by atoms with Crippen LogP contribution in [0.2, 0.25) is 0 Å². The van der Waals surface area contributed by atoms with Crippen molar-refractivity contribution >= 4 is 48.5 Å². The zero-order valence-corrected chi connectivity index (χ0v) is 32.3. The molecule has 0 unspecified atom stereocenters. The zero-order chi connectivity index (χ0) is 39.1. The summed E-state index contributed by atoms with van der Waals surface area (Å²) in [5.41, 5.74) is 4.05. The highest BCUT2D eigenvalue weighted by atomic mass is 32.2. The molecule has 17 heteroatoms. The monoisotopic (exact) mass is 797 g/mol. The van der Waals surface area contributed by atoms with E-state index in [2.05, 4.69) is 30.8 Å². The van der Waals surface area contributed by atoms with Gasteiger partial charge in [-0.05, 0) is 79.3 Å². The van der Waals surface area contributed by atoms with Crippen molar-refractivity contribution < 1.29 is 26.4 Å². The summed E-state index contributed by atoms with van der Waals surface area (Å²) in [6.45, 7) is 2.95. The number of fused-ring (bicyclic) bond motifs is 2. The molecule has 8 rings (SSSR count). The molecule has 2 fully saturated rings. The Labute approximate surface area is 325 Å². The van der Waals surface area contributed by atoms with Crippen LogP contribution in [0.5, 0.6) is 0 Å². The number of nitrogens with one attached hydrogen (secondary N) is 3. The van der Waals surface area contributed by atoms with Gasteiger partial charge in [0, 0.05) is 69.4 Å². The van der Waals surface area contributed by atoms with Crippen molar-refractivity contribution in [2.24, 2.45) is 0 Å². The number of aromatic amines is 1. The largest absolute Gasteiger partial charge is 0.348 e. The van der Waals surface area contributed by atoms with Crippen molar-refractivity contribution in [1.29, 1.82) is 0 Å². The molecule has 3 N–H and O–H groups in total. The van der Waals surface area contributed by atoms with Crippen molar-refractivity contribution in [2.75, 3.05) is 26.2 Å².